The first-order valence-electron chi connectivity index (χ1n) is 6.94. The van der Waals surface area contributed by atoms with Crippen molar-refractivity contribution in [3.05, 3.63) is 23.2 Å². The second-order valence-electron chi connectivity index (χ2n) is 6.17. The van der Waals surface area contributed by atoms with Gasteiger partial charge in [-0.3, -0.25) is 4.79 Å². The summed E-state index contributed by atoms with van der Waals surface area (Å²) in [6.07, 6.45) is 7.56. The van der Waals surface area contributed by atoms with Gasteiger partial charge in [0.1, 0.15) is 9.84 Å². The van der Waals surface area contributed by atoms with Gasteiger partial charge in [0.25, 0.3) is 5.91 Å². The molecule has 2 aliphatic rings. The number of nitrogens with one attached hydrogen (secondary N) is 1. The van der Waals surface area contributed by atoms with E-state index < -0.39 is 9.84 Å². The summed E-state index contributed by atoms with van der Waals surface area (Å²) in [6, 6.07) is 0. The summed E-state index contributed by atoms with van der Waals surface area (Å²) in [6.45, 7) is 0.411. The second kappa shape index (κ2) is 4.62. The third kappa shape index (κ3) is 2.75. The molecule has 1 N–H and O–H groups in total. The van der Waals surface area contributed by atoms with E-state index in [2.05, 4.69) is 5.32 Å². The average molecular weight is 297 g/mol. The van der Waals surface area contributed by atoms with Crippen molar-refractivity contribution < 1.29 is 17.6 Å². The lowest BCUT2D eigenvalue weighted by Gasteiger charge is -2.14. The first kappa shape index (κ1) is 13.7. The zero-order chi connectivity index (χ0) is 14.4. The Bertz CT molecular complexity index is 640. The number of carbonyl (C=O) groups excluding carboxylic acids is 1. The third-order valence-corrected chi connectivity index (χ3v) is 5.35. The van der Waals surface area contributed by atoms with Gasteiger partial charge in [-0.05, 0) is 37.7 Å². The molecule has 1 aromatic heterocycles. The molecule has 0 aromatic carbocycles. The SMILES string of the molecule is CS(=O)(=O)CC1(CNC(=O)c2occ3c2CCC3)CC1. The fraction of sp³-hybridized carbons (Fsp3) is 0.643. The van der Waals surface area contributed by atoms with E-state index in [1.165, 1.54) is 6.26 Å². The first-order valence-corrected chi connectivity index (χ1v) is 9.00. The zero-order valence-corrected chi connectivity index (χ0v) is 12.4. The molecule has 0 atom stereocenters. The Kier molecular flexibility index (Phi) is 3.16. The van der Waals surface area contributed by atoms with Gasteiger partial charge in [-0.15, -0.1) is 0 Å². The highest BCUT2D eigenvalue weighted by atomic mass is 32.2. The Morgan fingerprint density at radius 2 is 2.15 bits per heavy atom. The minimum absolute atomic E-state index is 0.149. The molecule has 1 aromatic rings. The summed E-state index contributed by atoms with van der Waals surface area (Å²) in [7, 11) is -3.01. The molecule has 3 rings (SSSR count). The molecule has 1 saturated carbocycles. The summed E-state index contributed by atoms with van der Waals surface area (Å²) >= 11 is 0. The molecule has 0 radical (unpaired) electrons. The summed E-state index contributed by atoms with van der Waals surface area (Å²) < 4.78 is 28.1. The van der Waals surface area contributed by atoms with E-state index in [4.69, 9.17) is 4.42 Å². The standard InChI is InChI=1S/C14H19NO4S/c1-20(17,18)9-14(5-6-14)8-15-13(16)12-11-4-2-3-10(11)7-19-12/h7H,2-6,8-9H2,1H3,(H,15,16). The van der Waals surface area contributed by atoms with Crippen molar-refractivity contribution in [2.24, 2.45) is 5.41 Å². The molecule has 0 bridgehead atoms. The topological polar surface area (TPSA) is 76.4 Å². The van der Waals surface area contributed by atoms with Gasteiger partial charge in [0, 0.05) is 23.8 Å². The molecule has 2 aliphatic carbocycles. The van der Waals surface area contributed by atoms with Crippen molar-refractivity contribution >= 4 is 15.7 Å². The van der Waals surface area contributed by atoms with Crippen LogP contribution in [-0.4, -0.2) is 32.9 Å². The van der Waals surface area contributed by atoms with Gasteiger partial charge in [-0.2, -0.15) is 0 Å². The van der Waals surface area contributed by atoms with Crippen LogP contribution >= 0.6 is 0 Å². The number of hydrogen-bond acceptors (Lipinski definition) is 4. The lowest BCUT2D eigenvalue weighted by atomic mass is 10.1. The molecular weight excluding hydrogens is 278 g/mol. The van der Waals surface area contributed by atoms with Crippen LogP contribution in [0, 0.1) is 5.41 Å². The Morgan fingerprint density at radius 3 is 2.80 bits per heavy atom. The Labute approximate surface area is 118 Å². The highest BCUT2D eigenvalue weighted by molar-refractivity contribution is 7.90. The number of furan rings is 1. The molecule has 20 heavy (non-hydrogen) atoms. The second-order valence-corrected chi connectivity index (χ2v) is 8.32. The predicted octanol–water partition coefficient (Wildman–Crippen LogP) is 1.32. The van der Waals surface area contributed by atoms with Crippen LogP contribution in [0.4, 0.5) is 0 Å². The van der Waals surface area contributed by atoms with Crippen molar-refractivity contribution in [2.45, 2.75) is 32.1 Å². The van der Waals surface area contributed by atoms with Crippen LogP contribution in [0.5, 0.6) is 0 Å². The zero-order valence-electron chi connectivity index (χ0n) is 11.6. The van der Waals surface area contributed by atoms with E-state index >= 15 is 0 Å². The number of sulfone groups is 1. The van der Waals surface area contributed by atoms with Gasteiger partial charge >= 0.3 is 0 Å². The maximum absolute atomic E-state index is 12.2. The van der Waals surface area contributed by atoms with Gasteiger partial charge in [-0.25, -0.2) is 8.42 Å². The van der Waals surface area contributed by atoms with Crippen molar-refractivity contribution in [1.29, 1.82) is 0 Å². The van der Waals surface area contributed by atoms with Crippen molar-refractivity contribution in [3.8, 4) is 0 Å². The van der Waals surface area contributed by atoms with Gasteiger partial charge in [-0.1, -0.05) is 0 Å². The molecular formula is C14H19NO4S. The number of hydrogen-bond donors (Lipinski definition) is 1. The minimum Gasteiger partial charge on any atom is -0.459 e. The van der Waals surface area contributed by atoms with E-state index in [0.717, 1.165) is 43.2 Å². The average Bonchev–Trinajstić information content (AvgIpc) is 2.78. The molecule has 0 aliphatic heterocycles. The number of amides is 1. The van der Waals surface area contributed by atoms with E-state index in [0.29, 0.717) is 12.3 Å². The molecule has 1 fully saturated rings. The van der Waals surface area contributed by atoms with Crippen LogP contribution in [0.1, 0.15) is 40.9 Å². The molecule has 0 spiro atoms. The number of aryl methyl sites for hydroxylation is 1. The van der Waals surface area contributed by atoms with E-state index in [1.807, 2.05) is 0 Å². The highest BCUT2D eigenvalue weighted by Crippen LogP contribution is 2.46. The Morgan fingerprint density at radius 1 is 1.40 bits per heavy atom. The van der Waals surface area contributed by atoms with Crippen LogP contribution in [0.3, 0.4) is 0 Å². The van der Waals surface area contributed by atoms with Gasteiger partial charge in [0.05, 0.1) is 12.0 Å². The van der Waals surface area contributed by atoms with E-state index in [1.54, 1.807) is 6.26 Å². The summed E-state index contributed by atoms with van der Waals surface area (Å²) in [4.78, 5) is 12.2. The van der Waals surface area contributed by atoms with Crippen molar-refractivity contribution in [3.63, 3.8) is 0 Å². The lowest BCUT2D eigenvalue weighted by Crippen LogP contribution is -2.33. The van der Waals surface area contributed by atoms with E-state index in [9.17, 15) is 13.2 Å². The molecule has 0 saturated heterocycles. The summed E-state index contributed by atoms with van der Waals surface area (Å²) in [5.41, 5.74) is 1.90. The van der Waals surface area contributed by atoms with Crippen LogP contribution in [0.2, 0.25) is 0 Å². The quantitative estimate of drug-likeness (QED) is 0.889. The maximum Gasteiger partial charge on any atom is 0.287 e. The number of carbonyl (C=O) groups is 1. The highest BCUT2D eigenvalue weighted by Gasteiger charge is 2.45. The van der Waals surface area contributed by atoms with Gasteiger partial charge in [0.2, 0.25) is 0 Å². The fourth-order valence-corrected chi connectivity index (χ4v) is 4.50. The van der Waals surface area contributed by atoms with E-state index in [-0.39, 0.29) is 17.1 Å². The molecule has 110 valence electrons. The number of rotatable bonds is 5. The number of fused-ring (bicyclic) bond motifs is 1. The van der Waals surface area contributed by atoms with Gasteiger partial charge in [0.15, 0.2) is 5.76 Å². The maximum atomic E-state index is 12.2. The molecule has 6 heteroatoms. The minimum atomic E-state index is -3.01. The summed E-state index contributed by atoms with van der Waals surface area (Å²) in [5, 5.41) is 2.84. The predicted molar refractivity (Wildman–Crippen MR) is 74.4 cm³/mol. The summed E-state index contributed by atoms with van der Waals surface area (Å²) in [5.74, 6) is 0.344. The van der Waals surface area contributed by atoms with Crippen molar-refractivity contribution in [1.82, 2.24) is 5.32 Å². The first-order chi connectivity index (χ1) is 9.39. The van der Waals surface area contributed by atoms with Crippen LogP contribution in [0.15, 0.2) is 10.7 Å². The van der Waals surface area contributed by atoms with Crippen LogP contribution in [0.25, 0.3) is 0 Å². The lowest BCUT2D eigenvalue weighted by molar-refractivity contribution is 0.0917. The Balaban J connectivity index is 1.63. The van der Waals surface area contributed by atoms with Crippen LogP contribution < -0.4 is 5.32 Å². The molecule has 1 heterocycles. The molecule has 0 unspecified atom stereocenters. The smallest absolute Gasteiger partial charge is 0.287 e. The largest absolute Gasteiger partial charge is 0.459 e. The normalized spacial score (nSPS) is 19.6. The third-order valence-electron chi connectivity index (χ3n) is 4.21. The fourth-order valence-electron chi connectivity index (χ4n) is 3.00. The van der Waals surface area contributed by atoms with Gasteiger partial charge < -0.3 is 9.73 Å². The van der Waals surface area contributed by atoms with Crippen molar-refractivity contribution in [2.75, 3.05) is 18.6 Å². The molecule has 5 nitrogen and oxygen atoms in total. The Hall–Kier alpha value is -1.30. The monoisotopic (exact) mass is 297 g/mol. The van der Waals surface area contributed by atoms with Crippen LogP contribution in [-0.2, 0) is 22.7 Å². The molecule has 1 amide bonds.